The zero-order chi connectivity index (χ0) is 16.4. The molecule has 1 unspecified atom stereocenters. The van der Waals surface area contributed by atoms with Gasteiger partial charge in [0, 0.05) is 39.9 Å². The van der Waals surface area contributed by atoms with Crippen LogP contribution in [0.2, 0.25) is 0 Å². The van der Waals surface area contributed by atoms with Crippen LogP contribution in [0.5, 0.6) is 0 Å². The standard InChI is InChI=1S/C14H23N5O3S/c1-17(2)23(20,21)19-9-10-22-11-12(19)14-15-6-5-13(16-14)18-7-3-4-8-18/h5-6,12H,3-4,7-11H2,1-2H3. The van der Waals surface area contributed by atoms with E-state index in [0.717, 1.165) is 31.7 Å². The number of rotatable bonds is 4. The van der Waals surface area contributed by atoms with Gasteiger partial charge in [-0.05, 0) is 18.9 Å². The molecule has 2 aliphatic heterocycles. The average molecular weight is 341 g/mol. The molecule has 1 aromatic heterocycles. The van der Waals surface area contributed by atoms with E-state index in [1.165, 1.54) is 22.7 Å². The summed E-state index contributed by atoms with van der Waals surface area (Å²) in [5, 5.41) is 0. The first-order valence-electron chi connectivity index (χ1n) is 7.85. The van der Waals surface area contributed by atoms with Crippen LogP contribution in [-0.2, 0) is 14.9 Å². The van der Waals surface area contributed by atoms with Gasteiger partial charge in [-0.3, -0.25) is 0 Å². The van der Waals surface area contributed by atoms with Gasteiger partial charge < -0.3 is 9.64 Å². The highest BCUT2D eigenvalue weighted by Gasteiger charge is 2.37. The van der Waals surface area contributed by atoms with Crippen molar-refractivity contribution in [1.29, 1.82) is 0 Å². The number of anilines is 1. The minimum Gasteiger partial charge on any atom is -0.378 e. The van der Waals surface area contributed by atoms with E-state index in [-0.39, 0.29) is 6.61 Å². The maximum atomic E-state index is 12.5. The number of hydrogen-bond acceptors (Lipinski definition) is 6. The van der Waals surface area contributed by atoms with Gasteiger partial charge in [0.25, 0.3) is 10.2 Å². The maximum Gasteiger partial charge on any atom is 0.282 e. The van der Waals surface area contributed by atoms with Crippen molar-refractivity contribution in [1.82, 2.24) is 18.6 Å². The quantitative estimate of drug-likeness (QED) is 0.781. The first-order valence-corrected chi connectivity index (χ1v) is 9.25. The first-order chi connectivity index (χ1) is 11.0. The molecule has 1 aromatic rings. The van der Waals surface area contributed by atoms with Crippen LogP contribution in [0.25, 0.3) is 0 Å². The summed E-state index contributed by atoms with van der Waals surface area (Å²) in [5.41, 5.74) is 0. The van der Waals surface area contributed by atoms with Crippen molar-refractivity contribution in [2.75, 3.05) is 51.8 Å². The third-order valence-electron chi connectivity index (χ3n) is 4.22. The highest BCUT2D eigenvalue weighted by atomic mass is 32.2. The zero-order valence-corrected chi connectivity index (χ0v) is 14.4. The molecule has 8 nitrogen and oxygen atoms in total. The number of aromatic nitrogens is 2. The van der Waals surface area contributed by atoms with E-state index >= 15 is 0 Å². The lowest BCUT2D eigenvalue weighted by Crippen LogP contribution is -2.48. The SMILES string of the molecule is CN(C)S(=O)(=O)N1CCOCC1c1nccc(N2CCCC2)n1. The van der Waals surface area contributed by atoms with Gasteiger partial charge in [-0.15, -0.1) is 0 Å². The molecule has 0 aromatic carbocycles. The van der Waals surface area contributed by atoms with E-state index in [1.54, 1.807) is 6.20 Å². The van der Waals surface area contributed by atoms with Gasteiger partial charge in [-0.2, -0.15) is 17.0 Å². The van der Waals surface area contributed by atoms with E-state index in [9.17, 15) is 8.42 Å². The second kappa shape index (κ2) is 6.68. The van der Waals surface area contributed by atoms with Crippen LogP contribution in [0.15, 0.2) is 12.3 Å². The van der Waals surface area contributed by atoms with Gasteiger partial charge >= 0.3 is 0 Å². The maximum absolute atomic E-state index is 12.5. The molecule has 2 aliphatic rings. The molecule has 9 heteroatoms. The molecule has 128 valence electrons. The van der Waals surface area contributed by atoms with Crippen LogP contribution < -0.4 is 4.90 Å². The smallest absolute Gasteiger partial charge is 0.282 e. The lowest BCUT2D eigenvalue weighted by Gasteiger charge is -2.35. The first kappa shape index (κ1) is 16.6. The largest absolute Gasteiger partial charge is 0.378 e. The molecule has 23 heavy (non-hydrogen) atoms. The molecule has 0 amide bonds. The second-order valence-corrected chi connectivity index (χ2v) is 8.05. The molecule has 2 saturated heterocycles. The second-order valence-electron chi connectivity index (χ2n) is 5.96. The summed E-state index contributed by atoms with van der Waals surface area (Å²) in [5.74, 6) is 1.36. The van der Waals surface area contributed by atoms with Crippen molar-refractivity contribution in [3.8, 4) is 0 Å². The van der Waals surface area contributed by atoms with Crippen molar-refractivity contribution in [2.45, 2.75) is 18.9 Å². The Morgan fingerprint density at radius 2 is 2.00 bits per heavy atom. The molecule has 0 aliphatic carbocycles. The fraction of sp³-hybridized carbons (Fsp3) is 0.714. The van der Waals surface area contributed by atoms with E-state index in [2.05, 4.69) is 14.9 Å². The van der Waals surface area contributed by atoms with Crippen molar-refractivity contribution in [3.05, 3.63) is 18.1 Å². The van der Waals surface area contributed by atoms with E-state index < -0.39 is 16.3 Å². The number of ether oxygens (including phenoxy) is 1. The summed E-state index contributed by atoms with van der Waals surface area (Å²) in [7, 11) is -0.474. The zero-order valence-electron chi connectivity index (χ0n) is 13.6. The van der Waals surface area contributed by atoms with Crippen LogP contribution in [0, 0.1) is 0 Å². The fourth-order valence-corrected chi connectivity index (χ4v) is 4.13. The molecular formula is C14H23N5O3S. The minimum absolute atomic E-state index is 0.274. The van der Waals surface area contributed by atoms with E-state index in [0.29, 0.717) is 19.0 Å². The van der Waals surface area contributed by atoms with Crippen LogP contribution in [0.1, 0.15) is 24.7 Å². The van der Waals surface area contributed by atoms with Gasteiger partial charge in [0.1, 0.15) is 11.9 Å². The Kier molecular flexibility index (Phi) is 4.81. The molecule has 0 bridgehead atoms. The molecular weight excluding hydrogens is 318 g/mol. The Balaban J connectivity index is 1.90. The van der Waals surface area contributed by atoms with E-state index in [4.69, 9.17) is 4.74 Å². The van der Waals surface area contributed by atoms with Gasteiger partial charge in [0.05, 0.1) is 13.2 Å². The Morgan fingerprint density at radius 1 is 1.26 bits per heavy atom. The van der Waals surface area contributed by atoms with Gasteiger partial charge in [0.15, 0.2) is 5.82 Å². The van der Waals surface area contributed by atoms with Crippen molar-refractivity contribution >= 4 is 16.0 Å². The number of nitrogens with zero attached hydrogens (tertiary/aromatic N) is 5. The highest BCUT2D eigenvalue weighted by molar-refractivity contribution is 7.86. The summed E-state index contributed by atoms with van der Waals surface area (Å²) in [6, 6.07) is 1.39. The van der Waals surface area contributed by atoms with Crippen molar-refractivity contribution < 1.29 is 13.2 Å². The molecule has 1 atom stereocenters. The Morgan fingerprint density at radius 3 is 2.70 bits per heavy atom. The van der Waals surface area contributed by atoms with Crippen LogP contribution >= 0.6 is 0 Å². The summed E-state index contributed by atoms with van der Waals surface area (Å²) in [6.07, 6.45) is 4.02. The van der Waals surface area contributed by atoms with Gasteiger partial charge in [-0.25, -0.2) is 9.97 Å². The van der Waals surface area contributed by atoms with Gasteiger partial charge in [-0.1, -0.05) is 0 Å². The summed E-state index contributed by atoms with van der Waals surface area (Å²) < 4.78 is 33.2. The van der Waals surface area contributed by atoms with Gasteiger partial charge in [0.2, 0.25) is 0 Å². The third-order valence-corrected chi connectivity index (χ3v) is 6.18. The van der Waals surface area contributed by atoms with E-state index in [1.807, 2.05) is 6.07 Å². The molecule has 3 rings (SSSR count). The molecule has 0 radical (unpaired) electrons. The van der Waals surface area contributed by atoms with Crippen molar-refractivity contribution in [3.63, 3.8) is 0 Å². The molecule has 0 N–H and O–H groups in total. The summed E-state index contributed by atoms with van der Waals surface area (Å²) in [6.45, 7) is 2.93. The topological polar surface area (TPSA) is 78.9 Å². The summed E-state index contributed by atoms with van der Waals surface area (Å²) >= 11 is 0. The Labute approximate surface area is 137 Å². The highest BCUT2D eigenvalue weighted by Crippen LogP contribution is 2.27. The number of morpholine rings is 1. The Bertz CT molecular complexity index is 646. The predicted octanol–water partition coefficient (Wildman–Crippen LogP) is 0.257. The van der Waals surface area contributed by atoms with Crippen molar-refractivity contribution in [2.24, 2.45) is 0 Å². The lowest BCUT2D eigenvalue weighted by atomic mass is 10.2. The summed E-state index contributed by atoms with van der Waals surface area (Å²) in [4.78, 5) is 11.1. The van der Waals surface area contributed by atoms with Crippen LogP contribution in [-0.4, -0.2) is 73.9 Å². The van der Waals surface area contributed by atoms with Crippen LogP contribution in [0.4, 0.5) is 5.82 Å². The average Bonchev–Trinajstić information content (AvgIpc) is 3.09. The third kappa shape index (κ3) is 3.32. The predicted molar refractivity (Wildman–Crippen MR) is 86.4 cm³/mol. The van der Waals surface area contributed by atoms with Crippen LogP contribution in [0.3, 0.4) is 0 Å². The lowest BCUT2D eigenvalue weighted by molar-refractivity contribution is 0.0268. The molecule has 2 fully saturated rings. The molecule has 0 spiro atoms. The number of hydrogen-bond donors (Lipinski definition) is 0. The monoisotopic (exact) mass is 341 g/mol. The normalized spacial score (nSPS) is 23.6. The Hall–Kier alpha value is -1.29. The molecule has 3 heterocycles. The fourth-order valence-electron chi connectivity index (χ4n) is 2.92. The molecule has 0 saturated carbocycles. The minimum atomic E-state index is -3.54.